The van der Waals surface area contributed by atoms with Crippen LogP contribution in [0.3, 0.4) is 0 Å². The second-order valence-electron chi connectivity index (χ2n) is 6.47. The number of aromatic amines is 1. The van der Waals surface area contributed by atoms with E-state index in [0.29, 0.717) is 0 Å². The lowest BCUT2D eigenvalue weighted by atomic mass is 9.96. The number of para-hydroxylation sites is 1. The second-order valence-corrected chi connectivity index (χ2v) is 6.47. The molecule has 4 nitrogen and oxygen atoms in total. The zero-order valence-electron chi connectivity index (χ0n) is 12.4. The molecule has 2 aromatic rings. The highest BCUT2D eigenvalue weighted by atomic mass is 16.2. The number of carbonyl (C=O) groups is 1. The van der Waals surface area contributed by atoms with Gasteiger partial charge in [-0.05, 0) is 32.4 Å². The molecule has 1 saturated heterocycles. The molecule has 0 spiro atoms. The minimum atomic E-state index is -0.358. The number of fused-ring (bicyclic) bond motifs is 3. The van der Waals surface area contributed by atoms with Crippen molar-refractivity contribution < 1.29 is 4.79 Å². The number of nitrogens with one attached hydrogen (secondary N) is 2. The van der Waals surface area contributed by atoms with Gasteiger partial charge in [0, 0.05) is 41.7 Å². The number of aromatic nitrogens is 1. The van der Waals surface area contributed by atoms with Gasteiger partial charge in [-0.3, -0.25) is 4.79 Å². The standard InChI is InChI=1S/C17H21N3O/c1-17(8-4-9-18-17)16(21)20-10-7-15-13(11-20)12-5-2-3-6-14(12)19-15/h2-3,5-6,18-19H,4,7-11H2,1H3. The Morgan fingerprint density at radius 3 is 3.00 bits per heavy atom. The number of H-pyrrole nitrogens is 1. The molecule has 21 heavy (non-hydrogen) atoms. The molecule has 2 N–H and O–H groups in total. The third kappa shape index (κ3) is 1.97. The number of amides is 1. The van der Waals surface area contributed by atoms with Crippen molar-refractivity contribution in [1.29, 1.82) is 0 Å². The zero-order chi connectivity index (χ0) is 14.4. The zero-order valence-corrected chi connectivity index (χ0v) is 12.4. The smallest absolute Gasteiger partial charge is 0.242 e. The van der Waals surface area contributed by atoms with Crippen molar-refractivity contribution >= 4 is 16.8 Å². The minimum absolute atomic E-state index is 0.260. The molecule has 4 heteroatoms. The molecule has 110 valence electrons. The number of benzene rings is 1. The van der Waals surface area contributed by atoms with E-state index in [9.17, 15) is 4.79 Å². The van der Waals surface area contributed by atoms with Crippen molar-refractivity contribution in [3.8, 4) is 0 Å². The summed E-state index contributed by atoms with van der Waals surface area (Å²) in [6, 6.07) is 8.38. The number of rotatable bonds is 1. The van der Waals surface area contributed by atoms with Gasteiger partial charge in [-0.15, -0.1) is 0 Å². The molecule has 1 fully saturated rings. The highest BCUT2D eigenvalue weighted by Gasteiger charge is 2.40. The van der Waals surface area contributed by atoms with Crippen LogP contribution in [-0.2, 0) is 17.8 Å². The van der Waals surface area contributed by atoms with E-state index >= 15 is 0 Å². The Morgan fingerprint density at radius 2 is 2.19 bits per heavy atom. The Hall–Kier alpha value is -1.81. The fraction of sp³-hybridized carbons (Fsp3) is 0.471. The number of hydrogen-bond donors (Lipinski definition) is 2. The summed E-state index contributed by atoms with van der Waals surface area (Å²) in [5, 5.41) is 4.64. The SMILES string of the molecule is CC1(C(=O)N2CCc3[nH]c4ccccc4c3C2)CCCN1. The number of carbonyl (C=O) groups excluding carboxylic acids is 1. The first-order valence-corrected chi connectivity index (χ1v) is 7.80. The summed E-state index contributed by atoms with van der Waals surface area (Å²) in [6.45, 7) is 4.55. The summed E-state index contributed by atoms with van der Waals surface area (Å²) >= 11 is 0. The van der Waals surface area contributed by atoms with E-state index in [1.165, 1.54) is 22.2 Å². The lowest BCUT2D eigenvalue weighted by molar-refractivity contribution is -0.138. The third-order valence-electron chi connectivity index (χ3n) is 5.01. The van der Waals surface area contributed by atoms with E-state index in [2.05, 4.69) is 34.6 Å². The lowest BCUT2D eigenvalue weighted by Gasteiger charge is -2.34. The average molecular weight is 283 g/mol. The van der Waals surface area contributed by atoms with Gasteiger partial charge in [0.1, 0.15) is 0 Å². The molecular formula is C17H21N3O. The van der Waals surface area contributed by atoms with Crippen LogP contribution < -0.4 is 5.32 Å². The van der Waals surface area contributed by atoms with Gasteiger partial charge in [0.05, 0.1) is 5.54 Å². The van der Waals surface area contributed by atoms with Crippen molar-refractivity contribution in [3.05, 3.63) is 35.5 Å². The highest BCUT2D eigenvalue weighted by Crippen LogP contribution is 2.30. The van der Waals surface area contributed by atoms with Crippen molar-refractivity contribution in [2.75, 3.05) is 13.1 Å². The van der Waals surface area contributed by atoms with Gasteiger partial charge in [-0.25, -0.2) is 0 Å². The van der Waals surface area contributed by atoms with E-state index in [-0.39, 0.29) is 11.4 Å². The van der Waals surface area contributed by atoms with Crippen LogP contribution in [0.25, 0.3) is 10.9 Å². The van der Waals surface area contributed by atoms with Crippen LogP contribution in [-0.4, -0.2) is 34.4 Å². The molecule has 1 unspecified atom stereocenters. The first kappa shape index (κ1) is 12.9. The first-order valence-electron chi connectivity index (χ1n) is 7.80. The van der Waals surface area contributed by atoms with Gasteiger partial charge in [-0.1, -0.05) is 18.2 Å². The molecule has 0 saturated carbocycles. The molecule has 1 aromatic carbocycles. The third-order valence-corrected chi connectivity index (χ3v) is 5.01. The maximum Gasteiger partial charge on any atom is 0.242 e. The largest absolute Gasteiger partial charge is 0.358 e. The summed E-state index contributed by atoms with van der Waals surface area (Å²) in [7, 11) is 0. The predicted molar refractivity (Wildman–Crippen MR) is 83.1 cm³/mol. The van der Waals surface area contributed by atoms with Gasteiger partial charge in [0.15, 0.2) is 0 Å². The molecule has 0 radical (unpaired) electrons. The van der Waals surface area contributed by atoms with Crippen LogP contribution in [0.2, 0.25) is 0 Å². The average Bonchev–Trinajstić information content (AvgIpc) is 3.10. The molecule has 3 heterocycles. The van der Waals surface area contributed by atoms with Crippen LogP contribution in [0.1, 0.15) is 31.0 Å². The Morgan fingerprint density at radius 1 is 1.33 bits per heavy atom. The van der Waals surface area contributed by atoms with Crippen molar-refractivity contribution in [2.45, 2.75) is 38.3 Å². The van der Waals surface area contributed by atoms with Gasteiger partial charge >= 0.3 is 0 Å². The van der Waals surface area contributed by atoms with Crippen molar-refractivity contribution in [2.24, 2.45) is 0 Å². The molecule has 2 aliphatic heterocycles. The molecule has 1 aromatic heterocycles. The van der Waals surface area contributed by atoms with Crippen LogP contribution >= 0.6 is 0 Å². The summed E-state index contributed by atoms with van der Waals surface area (Å²) in [4.78, 5) is 18.4. The molecule has 2 aliphatic rings. The fourth-order valence-electron chi connectivity index (χ4n) is 3.77. The van der Waals surface area contributed by atoms with E-state index in [1.807, 2.05) is 11.8 Å². The number of hydrogen-bond acceptors (Lipinski definition) is 2. The van der Waals surface area contributed by atoms with Crippen LogP contribution in [0.4, 0.5) is 0 Å². The second kappa shape index (κ2) is 4.60. The summed E-state index contributed by atoms with van der Waals surface area (Å²) in [5.74, 6) is 0.260. The van der Waals surface area contributed by atoms with E-state index in [4.69, 9.17) is 0 Å². The Labute approximate surface area is 124 Å². The Bertz CT molecular complexity index is 697. The van der Waals surface area contributed by atoms with Crippen molar-refractivity contribution in [3.63, 3.8) is 0 Å². The van der Waals surface area contributed by atoms with Gasteiger partial charge in [0.2, 0.25) is 5.91 Å². The summed E-state index contributed by atoms with van der Waals surface area (Å²) < 4.78 is 0. The van der Waals surface area contributed by atoms with Crippen LogP contribution in [0, 0.1) is 0 Å². The van der Waals surface area contributed by atoms with Gasteiger partial charge in [-0.2, -0.15) is 0 Å². The molecule has 0 bridgehead atoms. The number of nitrogens with zero attached hydrogens (tertiary/aromatic N) is 1. The lowest BCUT2D eigenvalue weighted by Crippen LogP contribution is -2.53. The first-order chi connectivity index (χ1) is 10.2. The van der Waals surface area contributed by atoms with Gasteiger partial charge in [0.25, 0.3) is 0 Å². The monoisotopic (exact) mass is 283 g/mol. The summed E-state index contributed by atoms with van der Waals surface area (Å²) in [5.41, 5.74) is 3.42. The topological polar surface area (TPSA) is 48.1 Å². The Kier molecular flexibility index (Phi) is 2.82. The summed E-state index contributed by atoms with van der Waals surface area (Å²) in [6.07, 6.45) is 2.96. The minimum Gasteiger partial charge on any atom is -0.358 e. The highest BCUT2D eigenvalue weighted by molar-refractivity contribution is 5.89. The maximum absolute atomic E-state index is 12.8. The molecule has 1 amide bonds. The fourth-order valence-corrected chi connectivity index (χ4v) is 3.77. The maximum atomic E-state index is 12.8. The van der Waals surface area contributed by atoms with Crippen LogP contribution in [0.15, 0.2) is 24.3 Å². The van der Waals surface area contributed by atoms with E-state index in [0.717, 1.165) is 38.9 Å². The van der Waals surface area contributed by atoms with Crippen molar-refractivity contribution in [1.82, 2.24) is 15.2 Å². The Balaban J connectivity index is 1.65. The van der Waals surface area contributed by atoms with Gasteiger partial charge < -0.3 is 15.2 Å². The molecule has 0 aliphatic carbocycles. The molecular weight excluding hydrogens is 262 g/mol. The van der Waals surface area contributed by atoms with E-state index < -0.39 is 0 Å². The predicted octanol–water partition coefficient (Wildman–Crippen LogP) is 2.19. The van der Waals surface area contributed by atoms with Crippen LogP contribution in [0.5, 0.6) is 0 Å². The quantitative estimate of drug-likeness (QED) is 0.843. The molecule has 1 atom stereocenters. The molecule has 4 rings (SSSR count). The normalized spacial score (nSPS) is 25.3. The van der Waals surface area contributed by atoms with E-state index in [1.54, 1.807) is 0 Å².